The summed E-state index contributed by atoms with van der Waals surface area (Å²) in [5, 5.41) is 3.57. The van der Waals surface area contributed by atoms with Gasteiger partial charge >= 0.3 is 0 Å². The van der Waals surface area contributed by atoms with E-state index in [1.807, 2.05) is 18.2 Å². The molecule has 0 saturated heterocycles. The Morgan fingerprint density at radius 1 is 0.465 bits per heavy atom. The van der Waals surface area contributed by atoms with Crippen LogP contribution in [0.5, 0.6) is 0 Å². The van der Waals surface area contributed by atoms with E-state index in [1.54, 1.807) is 0 Å². The fourth-order valence-electron chi connectivity index (χ4n) is 6.35. The van der Waals surface area contributed by atoms with Gasteiger partial charge in [-0.25, -0.2) is 9.97 Å². The van der Waals surface area contributed by atoms with Gasteiger partial charge in [-0.15, -0.1) is 0 Å². The Hall–Kier alpha value is -5.54. The molecule has 0 N–H and O–H groups in total. The molecular weight excluding hydrogens is 522 g/mol. The summed E-state index contributed by atoms with van der Waals surface area (Å²) in [7, 11) is 0. The highest BCUT2D eigenvalue weighted by Gasteiger charge is 2.16. The lowest BCUT2D eigenvalue weighted by atomic mass is 9.95. The van der Waals surface area contributed by atoms with Gasteiger partial charge in [0.1, 0.15) is 0 Å². The Kier molecular flexibility index (Phi) is 5.90. The number of aryl methyl sites for hydroxylation is 2. The van der Waals surface area contributed by atoms with Gasteiger partial charge < -0.3 is 4.57 Å². The van der Waals surface area contributed by atoms with E-state index in [0.29, 0.717) is 0 Å². The van der Waals surface area contributed by atoms with E-state index in [2.05, 4.69) is 140 Å². The number of nitrogens with zero attached hydrogens (tertiary/aromatic N) is 3. The molecule has 2 heterocycles. The molecule has 0 radical (unpaired) electrons. The summed E-state index contributed by atoms with van der Waals surface area (Å²) in [5.74, 6) is 0.726. The fraction of sp³-hybridized carbons (Fsp3) is 0.0500. The van der Waals surface area contributed by atoms with Crippen molar-refractivity contribution in [3.05, 3.63) is 151 Å². The molecule has 8 aromatic rings. The fourth-order valence-corrected chi connectivity index (χ4v) is 6.35. The number of rotatable bonds is 4. The number of benzene rings is 6. The quantitative estimate of drug-likeness (QED) is 0.218. The predicted molar refractivity (Wildman–Crippen MR) is 180 cm³/mol. The molecule has 0 aliphatic heterocycles. The number of hydrogen-bond acceptors (Lipinski definition) is 2. The highest BCUT2D eigenvalue weighted by Crippen LogP contribution is 2.38. The van der Waals surface area contributed by atoms with Gasteiger partial charge in [-0.05, 0) is 84.6 Å². The average Bonchev–Trinajstić information content (AvgIpc) is 3.37. The summed E-state index contributed by atoms with van der Waals surface area (Å²) < 4.78 is 2.38. The molecular formula is C40H29N3. The molecule has 0 spiro atoms. The number of para-hydroxylation sites is 2. The van der Waals surface area contributed by atoms with E-state index < -0.39 is 0 Å². The Morgan fingerprint density at radius 3 is 1.98 bits per heavy atom. The molecule has 0 fully saturated rings. The van der Waals surface area contributed by atoms with Gasteiger partial charge in [0.05, 0.1) is 22.2 Å². The van der Waals surface area contributed by atoms with E-state index in [1.165, 1.54) is 44.1 Å². The first-order valence-electron chi connectivity index (χ1n) is 14.7. The zero-order chi connectivity index (χ0) is 28.9. The van der Waals surface area contributed by atoms with Gasteiger partial charge in [0, 0.05) is 33.0 Å². The van der Waals surface area contributed by atoms with Crippen LogP contribution in [0.3, 0.4) is 0 Å². The van der Waals surface area contributed by atoms with Crippen LogP contribution in [-0.4, -0.2) is 14.5 Å². The maximum Gasteiger partial charge on any atom is 0.160 e. The number of aromatic nitrogens is 3. The van der Waals surface area contributed by atoms with Crippen LogP contribution in [0.1, 0.15) is 11.1 Å². The van der Waals surface area contributed by atoms with Gasteiger partial charge in [0.2, 0.25) is 0 Å². The van der Waals surface area contributed by atoms with Gasteiger partial charge in [0.25, 0.3) is 0 Å². The van der Waals surface area contributed by atoms with Crippen molar-refractivity contribution < 1.29 is 0 Å². The summed E-state index contributed by atoms with van der Waals surface area (Å²) in [6, 6.07) is 49.3. The molecule has 0 amide bonds. The van der Waals surface area contributed by atoms with Crippen LogP contribution in [0.25, 0.3) is 72.2 Å². The Labute approximate surface area is 250 Å². The van der Waals surface area contributed by atoms with Crippen molar-refractivity contribution in [2.24, 2.45) is 0 Å². The normalized spacial score (nSPS) is 11.5. The molecule has 0 saturated carbocycles. The molecule has 0 atom stereocenters. The monoisotopic (exact) mass is 551 g/mol. The van der Waals surface area contributed by atoms with Gasteiger partial charge in [-0.3, -0.25) is 0 Å². The highest BCUT2D eigenvalue weighted by atomic mass is 15.0. The standard InChI is InChI=1S/C40H29N3/c1-26-12-6-7-15-31(26)34-25-38-35(24-27(34)2)32-16-9-11-19-37(32)43(38)30-22-20-29(21-23-30)40-41-36-18-10-8-17-33(36)39(42-40)28-13-4-3-5-14-28/h3-25H,1-2H3. The van der Waals surface area contributed by atoms with Crippen LogP contribution in [0, 0.1) is 13.8 Å². The molecule has 3 nitrogen and oxygen atoms in total. The van der Waals surface area contributed by atoms with E-state index in [4.69, 9.17) is 9.97 Å². The Bertz CT molecular complexity index is 2290. The smallest absolute Gasteiger partial charge is 0.160 e. The molecule has 2 aromatic heterocycles. The zero-order valence-electron chi connectivity index (χ0n) is 24.1. The minimum atomic E-state index is 0.726. The molecule has 43 heavy (non-hydrogen) atoms. The van der Waals surface area contributed by atoms with Crippen molar-refractivity contribution >= 4 is 32.7 Å². The molecule has 0 aliphatic rings. The molecule has 0 aliphatic carbocycles. The summed E-state index contributed by atoms with van der Waals surface area (Å²) in [6.45, 7) is 4.40. The van der Waals surface area contributed by atoms with Crippen LogP contribution in [0.2, 0.25) is 0 Å². The molecule has 0 unspecified atom stereocenters. The lowest BCUT2D eigenvalue weighted by Crippen LogP contribution is -1.97. The maximum atomic E-state index is 5.08. The zero-order valence-corrected chi connectivity index (χ0v) is 24.1. The van der Waals surface area contributed by atoms with Crippen LogP contribution >= 0.6 is 0 Å². The minimum absolute atomic E-state index is 0.726. The van der Waals surface area contributed by atoms with Gasteiger partial charge in [0.15, 0.2) is 5.82 Å². The third-order valence-corrected chi connectivity index (χ3v) is 8.49. The topological polar surface area (TPSA) is 30.7 Å². The molecule has 0 bridgehead atoms. The second kappa shape index (κ2) is 10.1. The first-order chi connectivity index (χ1) is 21.2. The largest absolute Gasteiger partial charge is 0.309 e. The SMILES string of the molecule is Cc1ccccc1-c1cc2c(cc1C)c1ccccc1n2-c1ccc(-c2nc(-c3ccccc3)c3ccccc3n2)cc1. The van der Waals surface area contributed by atoms with Crippen molar-refractivity contribution in [1.82, 2.24) is 14.5 Å². The number of hydrogen-bond donors (Lipinski definition) is 0. The summed E-state index contributed by atoms with van der Waals surface area (Å²) in [4.78, 5) is 10.0. The van der Waals surface area contributed by atoms with Crippen molar-refractivity contribution in [2.75, 3.05) is 0 Å². The van der Waals surface area contributed by atoms with Gasteiger partial charge in [-0.2, -0.15) is 0 Å². The van der Waals surface area contributed by atoms with Gasteiger partial charge in [-0.1, -0.05) is 91.0 Å². The molecule has 6 aromatic carbocycles. The summed E-state index contributed by atoms with van der Waals surface area (Å²) in [6.07, 6.45) is 0. The second-order valence-corrected chi connectivity index (χ2v) is 11.2. The van der Waals surface area contributed by atoms with E-state index in [9.17, 15) is 0 Å². The molecule has 3 heteroatoms. The molecule has 204 valence electrons. The third kappa shape index (κ3) is 4.21. The Morgan fingerprint density at radius 2 is 1.16 bits per heavy atom. The van der Waals surface area contributed by atoms with Crippen LogP contribution in [0.15, 0.2) is 140 Å². The summed E-state index contributed by atoms with van der Waals surface area (Å²) in [5.41, 5.74) is 12.6. The van der Waals surface area contributed by atoms with Crippen LogP contribution < -0.4 is 0 Å². The van der Waals surface area contributed by atoms with Crippen molar-refractivity contribution in [3.63, 3.8) is 0 Å². The predicted octanol–water partition coefficient (Wildman–Crippen LogP) is 10.3. The third-order valence-electron chi connectivity index (χ3n) is 8.49. The van der Waals surface area contributed by atoms with E-state index >= 15 is 0 Å². The second-order valence-electron chi connectivity index (χ2n) is 11.2. The van der Waals surface area contributed by atoms with E-state index in [0.717, 1.165) is 39.2 Å². The summed E-state index contributed by atoms with van der Waals surface area (Å²) >= 11 is 0. The minimum Gasteiger partial charge on any atom is -0.309 e. The number of fused-ring (bicyclic) bond motifs is 4. The van der Waals surface area contributed by atoms with Crippen molar-refractivity contribution in [1.29, 1.82) is 0 Å². The van der Waals surface area contributed by atoms with Crippen molar-refractivity contribution in [2.45, 2.75) is 13.8 Å². The van der Waals surface area contributed by atoms with Crippen LogP contribution in [0.4, 0.5) is 0 Å². The van der Waals surface area contributed by atoms with E-state index in [-0.39, 0.29) is 0 Å². The maximum absolute atomic E-state index is 5.08. The first-order valence-corrected chi connectivity index (χ1v) is 14.7. The lowest BCUT2D eigenvalue weighted by Gasteiger charge is -2.13. The first kappa shape index (κ1) is 25.2. The highest BCUT2D eigenvalue weighted by molar-refractivity contribution is 6.10. The van der Waals surface area contributed by atoms with Crippen LogP contribution in [-0.2, 0) is 0 Å². The van der Waals surface area contributed by atoms with Crippen molar-refractivity contribution in [3.8, 4) is 39.5 Å². The Balaban J connectivity index is 1.30. The molecule has 8 rings (SSSR count). The average molecular weight is 552 g/mol. The lowest BCUT2D eigenvalue weighted by molar-refractivity contribution is 1.17.